The standard InChI is InChI=1S/C18H29ClN4O2/c1-6-14(2)21-18(20-13-17(24)22(3)4)23(5)10-11-25-16-9-7-8-15(19)12-16/h7-9,12,14H,6,10-11,13H2,1-5H3,(H,20,21). The number of aliphatic imine (C=N–C) groups is 1. The molecule has 0 saturated heterocycles. The van der Waals surface area contributed by atoms with Crippen molar-refractivity contribution >= 4 is 23.5 Å². The summed E-state index contributed by atoms with van der Waals surface area (Å²) in [6.07, 6.45) is 0.966. The predicted octanol–water partition coefficient (Wildman–Crippen LogP) is 2.48. The van der Waals surface area contributed by atoms with E-state index in [-0.39, 0.29) is 18.5 Å². The van der Waals surface area contributed by atoms with Crippen LogP contribution in [0.5, 0.6) is 5.75 Å². The summed E-state index contributed by atoms with van der Waals surface area (Å²) in [6.45, 7) is 5.41. The Morgan fingerprint density at radius 1 is 1.36 bits per heavy atom. The number of benzene rings is 1. The van der Waals surface area contributed by atoms with Crippen molar-refractivity contribution in [2.75, 3.05) is 40.8 Å². The van der Waals surface area contributed by atoms with Gasteiger partial charge in [-0.25, -0.2) is 4.99 Å². The minimum atomic E-state index is -0.0352. The maximum atomic E-state index is 11.8. The summed E-state index contributed by atoms with van der Waals surface area (Å²) in [6, 6.07) is 7.58. The van der Waals surface area contributed by atoms with Gasteiger partial charge < -0.3 is 19.9 Å². The van der Waals surface area contributed by atoms with Crippen LogP contribution in [0.25, 0.3) is 0 Å². The maximum Gasteiger partial charge on any atom is 0.243 e. The van der Waals surface area contributed by atoms with Crippen molar-refractivity contribution in [1.29, 1.82) is 0 Å². The molecule has 1 aromatic rings. The first kappa shape index (κ1) is 21.1. The molecular weight excluding hydrogens is 340 g/mol. The zero-order chi connectivity index (χ0) is 18.8. The molecule has 1 unspecified atom stereocenters. The lowest BCUT2D eigenvalue weighted by Gasteiger charge is -2.25. The molecule has 1 N–H and O–H groups in total. The highest BCUT2D eigenvalue weighted by molar-refractivity contribution is 6.30. The topological polar surface area (TPSA) is 57.2 Å². The largest absolute Gasteiger partial charge is 0.492 e. The zero-order valence-corrected chi connectivity index (χ0v) is 16.5. The Balaban J connectivity index is 2.62. The Bertz CT molecular complexity index is 578. The number of carbonyl (C=O) groups excluding carboxylic acids is 1. The molecule has 0 fully saturated rings. The minimum absolute atomic E-state index is 0.0352. The molecule has 1 atom stereocenters. The molecule has 0 aliphatic carbocycles. The molecule has 0 heterocycles. The zero-order valence-electron chi connectivity index (χ0n) is 15.8. The summed E-state index contributed by atoms with van der Waals surface area (Å²) >= 11 is 5.95. The van der Waals surface area contributed by atoms with E-state index in [0.29, 0.717) is 24.1 Å². The highest BCUT2D eigenvalue weighted by atomic mass is 35.5. The Labute approximate surface area is 155 Å². The molecule has 1 amide bonds. The summed E-state index contributed by atoms with van der Waals surface area (Å²) in [5.41, 5.74) is 0. The van der Waals surface area contributed by atoms with Crippen LogP contribution in [0.4, 0.5) is 0 Å². The van der Waals surface area contributed by atoms with Crippen LogP contribution in [0.15, 0.2) is 29.3 Å². The molecule has 6 nitrogen and oxygen atoms in total. The van der Waals surface area contributed by atoms with Gasteiger partial charge in [-0.1, -0.05) is 24.6 Å². The third kappa shape index (κ3) is 8.12. The molecular formula is C18H29ClN4O2. The van der Waals surface area contributed by atoms with Gasteiger partial charge in [0.25, 0.3) is 0 Å². The van der Waals surface area contributed by atoms with E-state index >= 15 is 0 Å². The number of rotatable bonds is 8. The van der Waals surface area contributed by atoms with Crippen LogP contribution in [-0.4, -0.2) is 68.5 Å². The van der Waals surface area contributed by atoms with E-state index in [0.717, 1.165) is 12.2 Å². The van der Waals surface area contributed by atoms with Crippen LogP contribution in [-0.2, 0) is 4.79 Å². The van der Waals surface area contributed by atoms with Crippen molar-refractivity contribution in [2.24, 2.45) is 4.99 Å². The van der Waals surface area contributed by atoms with Gasteiger partial charge in [0.2, 0.25) is 5.91 Å². The van der Waals surface area contributed by atoms with Crippen LogP contribution in [0.3, 0.4) is 0 Å². The number of halogens is 1. The number of nitrogens with one attached hydrogen (secondary N) is 1. The molecule has 1 aromatic carbocycles. The smallest absolute Gasteiger partial charge is 0.243 e. The molecule has 0 aliphatic heterocycles. The number of hydrogen-bond donors (Lipinski definition) is 1. The molecule has 0 radical (unpaired) electrons. The van der Waals surface area contributed by atoms with Crippen LogP contribution in [0.2, 0.25) is 5.02 Å². The lowest BCUT2D eigenvalue weighted by Crippen LogP contribution is -2.45. The lowest BCUT2D eigenvalue weighted by molar-refractivity contribution is -0.127. The van der Waals surface area contributed by atoms with E-state index in [4.69, 9.17) is 16.3 Å². The van der Waals surface area contributed by atoms with Gasteiger partial charge in [-0.2, -0.15) is 0 Å². The number of carbonyl (C=O) groups is 1. The van der Waals surface area contributed by atoms with Gasteiger partial charge in [0, 0.05) is 32.2 Å². The fourth-order valence-corrected chi connectivity index (χ4v) is 2.03. The lowest BCUT2D eigenvalue weighted by atomic mass is 10.3. The van der Waals surface area contributed by atoms with E-state index in [1.54, 1.807) is 20.2 Å². The third-order valence-electron chi connectivity index (χ3n) is 3.70. The average molecular weight is 369 g/mol. The molecule has 0 aromatic heterocycles. The van der Waals surface area contributed by atoms with Crippen LogP contribution >= 0.6 is 11.6 Å². The Morgan fingerprint density at radius 3 is 2.68 bits per heavy atom. The molecule has 0 aliphatic rings. The van der Waals surface area contributed by atoms with Crippen LogP contribution < -0.4 is 10.1 Å². The fourth-order valence-electron chi connectivity index (χ4n) is 1.85. The second-order valence-corrected chi connectivity index (χ2v) is 6.55. The van der Waals surface area contributed by atoms with Gasteiger partial charge >= 0.3 is 0 Å². The second kappa shape index (κ2) is 10.8. The fraction of sp³-hybridized carbons (Fsp3) is 0.556. The van der Waals surface area contributed by atoms with Gasteiger partial charge in [-0.05, 0) is 31.5 Å². The van der Waals surface area contributed by atoms with E-state index in [2.05, 4.69) is 24.2 Å². The molecule has 0 saturated carbocycles. The van der Waals surface area contributed by atoms with Gasteiger partial charge in [0.1, 0.15) is 18.9 Å². The molecule has 140 valence electrons. The predicted molar refractivity (Wildman–Crippen MR) is 103 cm³/mol. The summed E-state index contributed by atoms with van der Waals surface area (Å²) in [7, 11) is 5.38. The Morgan fingerprint density at radius 2 is 2.08 bits per heavy atom. The van der Waals surface area contributed by atoms with Crippen LogP contribution in [0.1, 0.15) is 20.3 Å². The first-order chi connectivity index (χ1) is 11.8. The summed E-state index contributed by atoms with van der Waals surface area (Å²) < 4.78 is 5.72. The molecule has 0 spiro atoms. The number of likely N-dealkylation sites (N-methyl/N-ethyl adjacent to an activating group) is 2. The Kier molecular flexibility index (Phi) is 9.13. The van der Waals surface area contributed by atoms with Crippen LogP contribution in [0, 0.1) is 0 Å². The minimum Gasteiger partial charge on any atom is -0.492 e. The summed E-state index contributed by atoms with van der Waals surface area (Å²) in [4.78, 5) is 19.7. The highest BCUT2D eigenvalue weighted by Gasteiger charge is 2.11. The normalized spacial score (nSPS) is 12.5. The third-order valence-corrected chi connectivity index (χ3v) is 3.94. The maximum absolute atomic E-state index is 11.8. The first-order valence-electron chi connectivity index (χ1n) is 8.44. The molecule has 0 bridgehead atoms. The average Bonchev–Trinajstić information content (AvgIpc) is 2.57. The van der Waals surface area contributed by atoms with E-state index in [1.807, 2.05) is 30.1 Å². The highest BCUT2D eigenvalue weighted by Crippen LogP contribution is 2.16. The van der Waals surface area contributed by atoms with Gasteiger partial charge in [-0.3, -0.25) is 4.79 Å². The van der Waals surface area contributed by atoms with Crippen molar-refractivity contribution in [1.82, 2.24) is 15.1 Å². The summed E-state index contributed by atoms with van der Waals surface area (Å²) in [5, 5.41) is 3.99. The number of guanidine groups is 1. The van der Waals surface area contributed by atoms with Gasteiger partial charge in [0.05, 0.1) is 6.54 Å². The molecule has 1 rings (SSSR count). The van der Waals surface area contributed by atoms with E-state index in [1.165, 1.54) is 4.90 Å². The van der Waals surface area contributed by atoms with Crippen molar-refractivity contribution in [3.63, 3.8) is 0 Å². The summed E-state index contributed by atoms with van der Waals surface area (Å²) in [5.74, 6) is 1.39. The van der Waals surface area contributed by atoms with Crippen molar-refractivity contribution in [3.8, 4) is 5.75 Å². The number of hydrogen-bond acceptors (Lipinski definition) is 3. The first-order valence-corrected chi connectivity index (χ1v) is 8.82. The van der Waals surface area contributed by atoms with Crippen molar-refractivity contribution in [2.45, 2.75) is 26.3 Å². The molecule has 7 heteroatoms. The monoisotopic (exact) mass is 368 g/mol. The van der Waals surface area contributed by atoms with Gasteiger partial charge in [0.15, 0.2) is 5.96 Å². The van der Waals surface area contributed by atoms with Crippen molar-refractivity contribution < 1.29 is 9.53 Å². The molecule has 25 heavy (non-hydrogen) atoms. The van der Waals surface area contributed by atoms with E-state index < -0.39 is 0 Å². The second-order valence-electron chi connectivity index (χ2n) is 6.11. The van der Waals surface area contributed by atoms with Gasteiger partial charge in [-0.15, -0.1) is 0 Å². The Hall–Kier alpha value is -1.95. The number of ether oxygens (including phenoxy) is 1. The van der Waals surface area contributed by atoms with E-state index in [9.17, 15) is 4.79 Å². The SMILES string of the molecule is CCC(C)NC(=NCC(=O)N(C)C)N(C)CCOc1cccc(Cl)c1. The number of nitrogens with zero attached hydrogens (tertiary/aromatic N) is 3. The van der Waals surface area contributed by atoms with Crippen molar-refractivity contribution in [3.05, 3.63) is 29.3 Å². The number of amides is 1. The quantitative estimate of drug-likeness (QED) is 0.565.